The minimum Gasteiger partial charge on any atom is -0.364 e. The molecule has 4 nitrogen and oxygen atoms in total. The number of amides is 1. The number of ether oxygens (including phenoxy) is 1. The van der Waals surface area contributed by atoms with Gasteiger partial charge in [0.2, 0.25) is 5.91 Å². The molecular formula is C14H17F3N2O2. The predicted molar refractivity (Wildman–Crippen MR) is 70.2 cm³/mol. The van der Waals surface area contributed by atoms with Crippen molar-refractivity contribution in [1.29, 1.82) is 0 Å². The highest BCUT2D eigenvalue weighted by Crippen LogP contribution is 2.31. The Morgan fingerprint density at radius 1 is 1.33 bits per heavy atom. The van der Waals surface area contributed by atoms with Crippen LogP contribution in [0.2, 0.25) is 0 Å². The number of hydrogen-bond donors (Lipinski definition) is 2. The fourth-order valence-corrected chi connectivity index (χ4v) is 2.32. The van der Waals surface area contributed by atoms with Gasteiger partial charge in [-0.1, -0.05) is 18.2 Å². The Morgan fingerprint density at radius 3 is 2.67 bits per heavy atom. The SMILES string of the molecule is NC[C@H]1CC[C@@H](C(=O)NCc2ccccc2C(F)(F)F)O1. The maximum absolute atomic E-state index is 12.8. The molecule has 7 heteroatoms. The lowest BCUT2D eigenvalue weighted by molar-refractivity contribution is -0.139. The molecule has 3 N–H and O–H groups in total. The molecule has 0 aromatic heterocycles. The van der Waals surface area contributed by atoms with E-state index in [0.717, 1.165) is 6.07 Å². The van der Waals surface area contributed by atoms with Gasteiger partial charge in [-0.05, 0) is 24.5 Å². The minimum atomic E-state index is -4.43. The van der Waals surface area contributed by atoms with E-state index in [4.69, 9.17) is 10.5 Å². The lowest BCUT2D eigenvalue weighted by atomic mass is 10.1. The second kappa shape index (κ2) is 6.44. The summed E-state index contributed by atoms with van der Waals surface area (Å²) in [6, 6.07) is 5.17. The molecule has 0 aliphatic carbocycles. The number of hydrogen-bond acceptors (Lipinski definition) is 3. The van der Waals surface area contributed by atoms with Crippen LogP contribution in [-0.4, -0.2) is 24.7 Å². The van der Waals surface area contributed by atoms with Crippen molar-refractivity contribution in [2.24, 2.45) is 5.73 Å². The van der Waals surface area contributed by atoms with Gasteiger partial charge in [0.25, 0.3) is 0 Å². The molecule has 2 rings (SSSR count). The van der Waals surface area contributed by atoms with Gasteiger partial charge in [0, 0.05) is 13.1 Å². The lowest BCUT2D eigenvalue weighted by Crippen LogP contribution is -2.35. The Balaban J connectivity index is 1.96. The molecule has 21 heavy (non-hydrogen) atoms. The van der Waals surface area contributed by atoms with Crippen LogP contribution in [0.5, 0.6) is 0 Å². The zero-order chi connectivity index (χ0) is 15.5. The fourth-order valence-electron chi connectivity index (χ4n) is 2.32. The number of benzene rings is 1. The van der Waals surface area contributed by atoms with Gasteiger partial charge in [-0.15, -0.1) is 0 Å². The Morgan fingerprint density at radius 2 is 2.05 bits per heavy atom. The van der Waals surface area contributed by atoms with Crippen molar-refractivity contribution in [2.75, 3.05) is 6.54 Å². The van der Waals surface area contributed by atoms with Gasteiger partial charge < -0.3 is 15.8 Å². The third-order valence-corrected chi connectivity index (χ3v) is 3.44. The number of carbonyl (C=O) groups is 1. The number of nitrogens with two attached hydrogens (primary N) is 1. The van der Waals surface area contributed by atoms with Gasteiger partial charge in [-0.25, -0.2) is 0 Å². The Bertz CT molecular complexity index is 505. The number of carbonyl (C=O) groups excluding carboxylic acids is 1. The average molecular weight is 302 g/mol. The van der Waals surface area contributed by atoms with Gasteiger partial charge in [0.15, 0.2) is 0 Å². The van der Waals surface area contributed by atoms with E-state index in [1.807, 2.05) is 0 Å². The highest BCUT2D eigenvalue weighted by Gasteiger charge is 2.33. The summed E-state index contributed by atoms with van der Waals surface area (Å²) in [6.07, 6.45) is -3.99. The minimum absolute atomic E-state index is 0.0340. The quantitative estimate of drug-likeness (QED) is 0.892. The van der Waals surface area contributed by atoms with Crippen LogP contribution in [0, 0.1) is 0 Å². The van der Waals surface area contributed by atoms with E-state index in [1.54, 1.807) is 0 Å². The zero-order valence-electron chi connectivity index (χ0n) is 11.3. The largest absolute Gasteiger partial charge is 0.416 e. The first-order valence-corrected chi connectivity index (χ1v) is 6.70. The monoisotopic (exact) mass is 302 g/mol. The molecule has 2 atom stereocenters. The molecule has 1 aliphatic heterocycles. The van der Waals surface area contributed by atoms with Crippen molar-refractivity contribution < 1.29 is 22.7 Å². The Kier molecular flexibility index (Phi) is 4.84. The average Bonchev–Trinajstić information content (AvgIpc) is 2.93. The topological polar surface area (TPSA) is 64.4 Å². The van der Waals surface area contributed by atoms with Crippen molar-refractivity contribution in [3.05, 3.63) is 35.4 Å². The van der Waals surface area contributed by atoms with Crippen LogP contribution in [-0.2, 0) is 22.3 Å². The van der Waals surface area contributed by atoms with Gasteiger partial charge in [-0.2, -0.15) is 13.2 Å². The first-order valence-electron chi connectivity index (χ1n) is 6.70. The van der Waals surface area contributed by atoms with Crippen LogP contribution in [0.15, 0.2) is 24.3 Å². The molecule has 1 amide bonds. The van der Waals surface area contributed by atoms with Crippen LogP contribution in [0.3, 0.4) is 0 Å². The third kappa shape index (κ3) is 3.95. The summed E-state index contributed by atoms with van der Waals surface area (Å²) in [5.74, 6) is -0.400. The number of rotatable bonds is 4. The zero-order valence-corrected chi connectivity index (χ0v) is 11.3. The Hall–Kier alpha value is -1.60. The standard InChI is InChI=1S/C14H17F3N2O2/c15-14(16,17)11-4-2-1-3-9(11)8-19-13(20)12-6-5-10(7-18)21-12/h1-4,10,12H,5-8,18H2,(H,19,20)/t10-,12+/m1/s1. The molecule has 1 heterocycles. The van der Waals surface area contributed by atoms with Crippen LogP contribution in [0.1, 0.15) is 24.0 Å². The molecule has 1 aliphatic rings. The van der Waals surface area contributed by atoms with Crippen LogP contribution < -0.4 is 11.1 Å². The molecule has 1 aromatic carbocycles. The van der Waals surface area contributed by atoms with Gasteiger partial charge >= 0.3 is 6.18 Å². The second-order valence-electron chi connectivity index (χ2n) is 4.93. The smallest absolute Gasteiger partial charge is 0.364 e. The summed E-state index contributed by atoms with van der Waals surface area (Å²) in [7, 11) is 0. The van der Waals surface area contributed by atoms with Gasteiger partial charge in [0.1, 0.15) is 6.10 Å². The summed E-state index contributed by atoms with van der Waals surface area (Å²) in [5, 5.41) is 2.49. The van der Waals surface area contributed by atoms with Crippen molar-refractivity contribution in [1.82, 2.24) is 5.32 Å². The molecule has 0 unspecified atom stereocenters. The lowest BCUT2D eigenvalue weighted by Gasteiger charge is -2.15. The van der Waals surface area contributed by atoms with E-state index in [-0.39, 0.29) is 18.2 Å². The summed E-state index contributed by atoms with van der Waals surface area (Å²) in [4.78, 5) is 11.9. The number of nitrogens with one attached hydrogen (secondary N) is 1. The third-order valence-electron chi connectivity index (χ3n) is 3.44. The molecular weight excluding hydrogens is 285 g/mol. The predicted octanol–water partition coefficient (Wildman–Crippen LogP) is 1.83. The molecule has 0 radical (unpaired) electrons. The molecule has 116 valence electrons. The molecule has 0 bridgehead atoms. The highest BCUT2D eigenvalue weighted by atomic mass is 19.4. The van der Waals surface area contributed by atoms with Crippen LogP contribution in [0.25, 0.3) is 0 Å². The van der Waals surface area contributed by atoms with Crippen LogP contribution >= 0.6 is 0 Å². The van der Waals surface area contributed by atoms with Crippen LogP contribution in [0.4, 0.5) is 13.2 Å². The second-order valence-corrected chi connectivity index (χ2v) is 4.93. The van der Waals surface area contributed by atoms with Crippen molar-refractivity contribution >= 4 is 5.91 Å². The van der Waals surface area contributed by atoms with E-state index in [2.05, 4.69) is 5.32 Å². The maximum Gasteiger partial charge on any atom is 0.416 e. The summed E-state index contributed by atoms with van der Waals surface area (Å²) in [6.45, 7) is 0.155. The summed E-state index contributed by atoms with van der Waals surface area (Å²) < 4.78 is 43.9. The number of alkyl halides is 3. The fraction of sp³-hybridized carbons (Fsp3) is 0.500. The van der Waals surface area contributed by atoms with Crippen molar-refractivity contribution in [3.63, 3.8) is 0 Å². The van der Waals surface area contributed by atoms with Crippen molar-refractivity contribution in [2.45, 2.75) is 37.8 Å². The summed E-state index contributed by atoms with van der Waals surface area (Å²) in [5.41, 5.74) is 4.74. The van der Waals surface area contributed by atoms with Gasteiger partial charge in [0.05, 0.1) is 11.7 Å². The first kappa shape index (κ1) is 15.8. The normalized spacial score (nSPS) is 22.3. The molecule has 1 saturated heterocycles. The maximum atomic E-state index is 12.8. The van der Waals surface area contributed by atoms with E-state index >= 15 is 0 Å². The Labute approximate surface area is 120 Å². The molecule has 0 saturated carbocycles. The summed E-state index contributed by atoms with van der Waals surface area (Å²) >= 11 is 0. The van der Waals surface area contributed by atoms with E-state index < -0.39 is 23.8 Å². The molecule has 1 fully saturated rings. The van der Waals surface area contributed by atoms with Crippen molar-refractivity contribution in [3.8, 4) is 0 Å². The first-order chi connectivity index (χ1) is 9.91. The van der Waals surface area contributed by atoms with Gasteiger partial charge in [-0.3, -0.25) is 4.79 Å². The van der Waals surface area contributed by atoms with E-state index in [1.165, 1.54) is 18.2 Å². The van der Waals surface area contributed by atoms with E-state index in [9.17, 15) is 18.0 Å². The highest BCUT2D eigenvalue weighted by molar-refractivity contribution is 5.81. The molecule has 0 spiro atoms. The van der Waals surface area contributed by atoms with E-state index in [0.29, 0.717) is 19.4 Å². The molecule has 1 aromatic rings. The number of halogens is 3.